The SMILES string of the molecule is COC(=O)c1cc2cc(OC)c(OCc3ccccc3)cc2s1. The fraction of sp³-hybridized carbons (Fsp3) is 0.167. The molecule has 1 aromatic heterocycles. The lowest BCUT2D eigenvalue weighted by atomic mass is 10.2. The predicted octanol–water partition coefficient (Wildman–Crippen LogP) is 4.28. The van der Waals surface area contributed by atoms with Gasteiger partial charge in [-0.2, -0.15) is 0 Å². The van der Waals surface area contributed by atoms with Gasteiger partial charge in [0.15, 0.2) is 11.5 Å². The Morgan fingerprint density at radius 2 is 1.83 bits per heavy atom. The molecule has 23 heavy (non-hydrogen) atoms. The van der Waals surface area contributed by atoms with Crippen LogP contribution in [-0.2, 0) is 11.3 Å². The fourth-order valence-electron chi connectivity index (χ4n) is 2.26. The minimum atomic E-state index is -0.336. The van der Waals surface area contributed by atoms with E-state index in [1.165, 1.54) is 18.4 Å². The van der Waals surface area contributed by atoms with Gasteiger partial charge in [0.25, 0.3) is 0 Å². The number of thiophene rings is 1. The topological polar surface area (TPSA) is 44.8 Å². The molecule has 0 saturated heterocycles. The van der Waals surface area contributed by atoms with Gasteiger partial charge in [0.2, 0.25) is 0 Å². The van der Waals surface area contributed by atoms with E-state index in [2.05, 4.69) is 0 Å². The lowest BCUT2D eigenvalue weighted by molar-refractivity contribution is 0.0606. The van der Waals surface area contributed by atoms with E-state index in [0.29, 0.717) is 23.0 Å². The van der Waals surface area contributed by atoms with Gasteiger partial charge in [-0.25, -0.2) is 4.79 Å². The zero-order valence-corrected chi connectivity index (χ0v) is 13.7. The molecule has 0 N–H and O–H groups in total. The number of carbonyl (C=O) groups is 1. The quantitative estimate of drug-likeness (QED) is 0.656. The first-order valence-corrected chi connectivity index (χ1v) is 7.89. The van der Waals surface area contributed by atoms with Crippen LogP contribution < -0.4 is 9.47 Å². The largest absolute Gasteiger partial charge is 0.493 e. The number of hydrogen-bond donors (Lipinski definition) is 0. The zero-order chi connectivity index (χ0) is 16.2. The van der Waals surface area contributed by atoms with E-state index in [4.69, 9.17) is 14.2 Å². The molecule has 0 atom stereocenters. The Morgan fingerprint density at radius 1 is 1.04 bits per heavy atom. The summed E-state index contributed by atoms with van der Waals surface area (Å²) in [6.07, 6.45) is 0. The smallest absolute Gasteiger partial charge is 0.348 e. The third kappa shape index (κ3) is 3.29. The van der Waals surface area contributed by atoms with Crippen molar-refractivity contribution in [2.75, 3.05) is 14.2 Å². The second-order valence-corrected chi connectivity index (χ2v) is 6.00. The highest BCUT2D eigenvalue weighted by molar-refractivity contribution is 7.20. The first-order valence-electron chi connectivity index (χ1n) is 7.08. The summed E-state index contributed by atoms with van der Waals surface area (Å²) in [5.41, 5.74) is 1.08. The van der Waals surface area contributed by atoms with Crippen LogP contribution in [-0.4, -0.2) is 20.2 Å². The summed E-state index contributed by atoms with van der Waals surface area (Å²) >= 11 is 1.37. The third-order valence-corrected chi connectivity index (χ3v) is 4.50. The molecule has 5 heteroatoms. The Balaban J connectivity index is 1.90. The highest BCUT2D eigenvalue weighted by Gasteiger charge is 2.14. The normalized spacial score (nSPS) is 10.5. The summed E-state index contributed by atoms with van der Waals surface area (Å²) in [5, 5.41) is 0.930. The van der Waals surface area contributed by atoms with Gasteiger partial charge in [-0.3, -0.25) is 0 Å². The van der Waals surface area contributed by atoms with Crippen molar-refractivity contribution >= 4 is 27.4 Å². The maximum absolute atomic E-state index is 11.7. The second kappa shape index (κ2) is 6.71. The van der Waals surface area contributed by atoms with Crippen LogP contribution in [0.2, 0.25) is 0 Å². The van der Waals surface area contributed by atoms with Crippen molar-refractivity contribution in [2.45, 2.75) is 6.61 Å². The van der Waals surface area contributed by atoms with E-state index in [9.17, 15) is 4.79 Å². The van der Waals surface area contributed by atoms with Gasteiger partial charge in [-0.05, 0) is 23.1 Å². The van der Waals surface area contributed by atoms with Crippen molar-refractivity contribution in [3.05, 3.63) is 59.0 Å². The van der Waals surface area contributed by atoms with Gasteiger partial charge in [0.1, 0.15) is 11.5 Å². The van der Waals surface area contributed by atoms with Crippen LogP contribution in [0.3, 0.4) is 0 Å². The average Bonchev–Trinajstić information content (AvgIpc) is 3.02. The van der Waals surface area contributed by atoms with Crippen molar-refractivity contribution in [3.8, 4) is 11.5 Å². The monoisotopic (exact) mass is 328 g/mol. The Hall–Kier alpha value is -2.53. The van der Waals surface area contributed by atoms with E-state index < -0.39 is 0 Å². The van der Waals surface area contributed by atoms with Crippen LogP contribution in [0.4, 0.5) is 0 Å². The van der Waals surface area contributed by atoms with Crippen molar-refractivity contribution in [3.63, 3.8) is 0 Å². The van der Waals surface area contributed by atoms with Crippen LogP contribution in [0.5, 0.6) is 11.5 Å². The van der Waals surface area contributed by atoms with Crippen molar-refractivity contribution in [1.82, 2.24) is 0 Å². The molecule has 0 amide bonds. The molecule has 0 aliphatic rings. The number of esters is 1. The van der Waals surface area contributed by atoms with Crippen molar-refractivity contribution in [1.29, 1.82) is 0 Å². The Labute approximate surface area is 138 Å². The average molecular weight is 328 g/mol. The fourth-order valence-corrected chi connectivity index (χ4v) is 3.25. The van der Waals surface area contributed by atoms with Crippen LogP contribution in [0.15, 0.2) is 48.5 Å². The molecule has 0 radical (unpaired) electrons. The molecule has 4 nitrogen and oxygen atoms in total. The molecule has 0 aliphatic heterocycles. The van der Waals surface area contributed by atoms with Crippen LogP contribution in [0, 0.1) is 0 Å². The van der Waals surface area contributed by atoms with Gasteiger partial charge < -0.3 is 14.2 Å². The zero-order valence-electron chi connectivity index (χ0n) is 12.9. The molecule has 0 bridgehead atoms. The minimum absolute atomic E-state index is 0.336. The van der Waals surface area contributed by atoms with Gasteiger partial charge in [0.05, 0.1) is 14.2 Å². The molecule has 3 rings (SSSR count). The van der Waals surface area contributed by atoms with Gasteiger partial charge in [-0.1, -0.05) is 30.3 Å². The summed E-state index contributed by atoms with van der Waals surface area (Å²) in [7, 11) is 2.98. The molecular weight excluding hydrogens is 312 g/mol. The first-order chi connectivity index (χ1) is 11.2. The summed E-state index contributed by atoms with van der Waals surface area (Å²) in [4.78, 5) is 12.2. The van der Waals surface area contributed by atoms with Crippen molar-refractivity contribution in [2.24, 2.45) is 0 Å². The number of carbonyl (C=O) groups excluding carboxylic acids is 1. The summed E-state index contributed by atoms with van der Waals surface area (Å²) in [6.45, 7) is 0.456. The minimum Gasteiger partial charge on any atom is -0.493 e. The summed E-state index contributed by atoms with van der Waals surface area (Å²) < 4.78 is 17.0. The van der Waals surface area contributed by atoms with E-state index in [1.54, 1.807) is 13.2 Å². The molecule has 0 spiro atoms. The number of fused-ring (bicyclic) bond motifs is 1. The molecule has 0 fully saturated rings. The maximum Gasteiger partial charge on any atom is 0.348 e. The number of methoxy groups -OCH3 is 2. The number of benzene rings is 2. The van der Waals surface area contributed by atoms with Crippen LogP contribution >= 0.6 is 11.3 Å². The molecule has 118 valence electrons. The first kappa shape index (κ1) is 15.4. The van der Waals surface area contributed by atoms with E-state index >= 15 is 0 Å². The van der Waals surface area contributed by atoms with Crippen molar-refractivity contribution < 1.29 is 19.0 Å². The molecule has 1 heterocycles. The van der Waals surface area contributed by atoms with Gasteiger partial charge in [-0.15, -0.1) is 11.3 Å². The van der Waals surface area contributed by atoms with E-state index in [-0.39, 0.29) is 5.97 Å². The predicted molar refractivity (Wildman–Crippen MR) is 90.5 cm³/mol. The Kier molecular flexibility index (Phi) is 4.48. The molecule has 3 aromatic rings. The van der Waals surface area contributed by atoms with Gasteiger partial charge >= 0.3 is 5.97 Å². The third-order valence-electron chi connectivity index (χ3n) is 3.43. The number of ether oxygens (including phenoxy) is 3. The summed E-state index contributed by atoms with van der Waals surface area (Å²) in [5.74, 6) is 0.960. The number of hydrogen-bond acceptors (Lipinski definition) is 5. The lowest BCUT2D eigenvalue weighted by Gasteiger charge is -2.11. The van der Waals surface area contributed by atoms with Crippen LogP contribution in [0.1, 0.15) is 15.2 Å². The second-order valence-electron chi connectivity index (χ2n) is 4.92. The van der Waals surface area contributed by atoms with E-state index in [1.807, 2.05) is 42.5 Å². The molecule has 0 unspecified atom stereocenters. The Bertz CT molecular complexity index is 824. The molecule has 2 aromatic carbocycles. The van der Waals surface area contributed by atoms with E-state index in [0.717, 1.165) is 15.6 Å². The highest BCUT2D eigenvalue weighted by Crippen LogP contribution is 2.37. The standard InChI is InChI=1S/C18H16O4S/c1-20-14-8-13-9-17(18(19)21-2)23-16(13)10-15(14)22-11-12-6-4-3-5-7-12/h3-10H,11H2,1-2H3. The Morgan fingerprint density at radius 3 is 2.52 bits per heavy atom. The lowest BCUT2D eigenvalue weighted by Crippen LogP contribution is -1.97. The molecule has 0 aliphatic carbocycles. The maximum atomic E-state index is 11.7. The highest BCUT2D eigenvalue weighted by atomic mass is 32.1. The molecular formula is C18H16O4S. The summed E-state index contributed by atoms with van der Waals surface area (Å²) in [6, 6.07) is 15.5. The molecule has 0 saturated carbocycles. The van der Waals surface area contributed by atoms with Gasteiger partial charge in [0, 0.05) is 10.8 Å². The van der Waals surface area contributed by atoms with Crippen LogP contribution in [0.25, 0.3) is 10.1 Å². The number of rotatable bonds is 5.